The van der Waals surface area contributed by atoms with Crippen molar-refractivity contribution in [3.05, 3.63) is 100 Å². The van der Waals surface area contributed by atoms with Crippen LogP contribution in [0.2, 0.25) is 0 Å². The second-order valence-corrected chi connectivity index (χ2v) is 12.0. The molecule has 0 amide bonds. The SMILES string of the molecule is Cc1ccc(C(=O)c2c(CC(C)(C)C(=O)O)c(C(=O)C(C)(C)C)c3cc(OCc4cccc(C)n4)ccn23)cc1. The van der Waals surface area contributed by atoms with Crippen molar-refractivity contribution in [1.82, 2.24) is 9.38 Å². The number of carbonyl (C=O) groups excluding carboxylic acids is 2. The lowest BCUT2D eigenvalue weighted by Crippen LogP contribution is -2.29. The lowest BCUT2D eigenvalue weighted by Gasteiger charge is -2.22. The second kappa shape index (κ2) is 10.7. The zero-order chi connectivity index (χ0) is 29.4. The van der Waals surface area contributed by atoms with Crippen LogP contribution < -0.4 is 4.74 Å². The minimum Gasteiger partial charge on any atom is -0.487 e. The van der Waals surface area contributed by atoms with E-state index in [1.54, 1.807) is 48.7 Å². The van der Waals surface area contributed by atoms with Gasteiger partial charge in [0.05, 0.1) is 22.3 Å². The number of aromatic nitrogens is 2. The van der Waals surface area contributed by atoms with Gasteiger partial charge in [0.1, 0.15) is 12.4 Å². The molecule has 0 saturated heterocycles. The standard InChI is InChI=1S/C33H36N2O5/c1-20-11-13-22(14-12-20)29(36)28-25(18-33(6,7)31(38)39)27(30(37)32(3,4)5)26-17-24(15-16-35(26)28)40-19-23-10-8-9-21(2)34-23/h8-17H,18-19H2,1-7H3,(H,38,39). The van der Waals surface area contributed by atoms with Gasteiger partial charge in [0.2, 0.25) is 5.78 Å². The smallest absolute Gasteiger partial charge is 0.309 e. The average Bonchev–Trinajstić information content (AvgIpc) is 3.18. The van der Waals surface area contributed by atoms with Crippen LogP contribution in [-0.4, -0.2) is 32.0 Å². The van der Waals surface area contributed by atoms with Crippen molar-refractivity contribution in [3.8, 4) is 5.75 Å². The molecule has 0 aliphatic carbocycles. The summed E-state index contributed by atoms with van der Waals surface area (Å²) in [7, 11) is 0. The Balaban J connectivity index is 1.95. The highest BCUT2D eigenvalue weighted by Gasteiger charge is 2.37. The van der Waals surface area contributed by atoms with Crippen molar-refractivity contribution in [1.29, 1.82) is 0 Å². The molecule has 4 rings (SSSR count). The maximum atomic E-state index is 14.0. The predicted octanol–water partition coefficient (Wildman–Crippen LogP) is 6.64. The van der Waals surface area contributed by atoms with Crippen LogP contribution in [0.25, 0.3) is 5.52 Å². The van der Waals surface area contributed by atoms with Crippen LogP contribution in [0.15, 0.2) is 60.8 Å². The number of pyridine rings is 2. The van der Waals surface area contributed by atoms with Gasteiger partial charge in [-0.05, 0) is 57.9 Å². The van der Waals surface area contributed by atoms with E-state index in [1.807, 2.05) is 65.0 Å². The number of ketones is 2. The van der Waals surface area contributed by atoms with Gasteiger partial charge in [-0.25, -0.2) is 0 Å². The molecule has 0 fully saturated rings. The van der Waals surface area contributed by atoms with E-state index in [1.165, 1.54) is 0 Å². The first kappa shape index (κ1) is 28.7. The number of carboxylic acid groups (broad SMARTS) is 1. The summed E-state index contributed by atoms with van der Waals surface area (Å²) < 4.78 is 7.76. The van der Waals surface area contributed by atoms with E-state index in [0.717, 1.165) is 17.0 Å². The fraction of sp³-hybridized carbons (Fsp3) is 0.333. The average molecular weight is 541 g/mol. The summed E-state index contributed by atoms with van der Waals surface area (Å²) in [5.41, 5.74) is 2.66. The third-order valence-corrected chi connectivity index (χ3v) is 6.98. The normalized spacial score (nSPS) is 12.0. The summed E-state index contributed by atoms with van der Waals surface area (Å²) in [6.07, 6.45) is 1.71. The van der Waals surface area contributed by atoms with E-state index in [2.05, 4.69) is 4.98 Å². The third kappa shape index (κ3) is 5.83. The number of aliphatic carboxylic acids is 1. The van der Waals surface area contributed by atoms with Gasteiger partial charge in [-0.15, -0.1) is 0 Å². The van der Waals surface area contributed by atoms with Gasteiger partial charge in [-0.2, -0.15) is 0 Å². The van der Waals surface area contributed by atoms with Crippen molar-refractivity contribution in [2.45, 2.75) is 61.5 Å². The summed E-state index contributed by atoms with van der Waals surface area (Å²) in [6, 6.07) is 16.4. The van der Waals surface area contributed by atoms with Gasteiger partial charge in [-0.3, -0.25) is 19.4 Å². The molecule has 3 aromatic heterocycles. The van der Waals surface area contributed by atoms with Gasteiger partial charge in [0.15, 0.2) is 5.78 Å². The van der Waals surface area contributed by atoms with Gasteiger partial charge in [0, 0.05) is 34.5 Å². The van der Waals surface area contributed by atoms with Crippen molar-refractivity contribution in [2.24, 2.45) is 10.8 Å². The van der Waals surface area contributed by atoms with Crippen molar-refractivity contribution >= 4 is 23.1 Å². The van der Waals surface area contributed by atoms with E-state index in [9.17, 15) is 19.5 Å². The number of hydrogen-bond acceptors (Lipinski definition) is 5. The molecule has 40 heavy (non-hydrogen) atoms. The first-order valence-electron chi connectivity index (χ1n) is 13.3. The fourth-order valence-corrected chi connectivity index (χ4v) is 4.62. The Morgan fingerprint density at radius 1 is 0.950 bits per heavy atom. The number of hydrogen-bond donors (Lipinski definition) is 1. The topological polar surface area (TPSA) is 98.0 Å². The molecule has 1 N–H and O–H groups in total. The molecule has 208 valence electrons. The number of ether oxygens (including phenoxy) is 1. The molecule has 0 unspecified atom stereocenters. The number of nitrogens with zero attached hydrogens (tertiary/aromatic N) is 2. The molecule has 0 saturated carbocycles. The van der Waals surface area contributed by atoms with Crippen LogP contribution in [0.5, 0.6) is 5.75 Å². The highest BCUT2D eigenvalue weighted by Crippen LogP contribution is 2.37. The summed E-state index contributed by atoms with van der Waals surface area (Å²) in [6.45, 7) is 12.7. The molecule has 0 aliphatic rings. The number of aryl methyl sites for hydroxylation is 2. The lowest BCUT2D eigenvalue weighted by molar-refractivity contribution is -0.146. The summed E-state index contributed by atoms with van der Waals surface area (Å²) in [5.74, 6) is -0.964. The monoisotopic (exact) mass is 540 g/mol. The molecule has 0 atom stereocenters. The highest BCUT2D eigenvalue weighted by atomic mass is 16.5. The van der Waals surface area contributed by atoms with Gasteiger partial charge in [-0.1, -0.05) is 56.7 Å². The largest absolute Gasteiger partial charge is 0.487 e. The van der Waals surface area contributed by atoms with Gasteiger partial charge < -0.3 is 14.2 Å². The zero-order valence-electron chi connectivity index (χ0n) is 24.2. The minimum atomic E-state index is -1.23. The van der Waals surface area contributed by atoms with Crippen molar-refractivity contribution < 1.29 is 24.2 Å². The highest BCUT2D eigenvalue weighted by molar-refractivity contribution is 6.15. The molecular formula is C33H36N2O5. The number of carbonyl (C=O) groups is 3. The Labute approximate surface area is 234 Å². The maximum Gasteiger partial charge on any atom is 0.309 e. The van der Waals surface area contributed by atoms with Crippen LogP contribution in [0.4, 0.5) is 0 Å². The Morgan fingerprint density at radius 2 is 1.62 bits per heavy atom. The van der Waals surface area contributed by atoms with Gasteiger partial charge >= 0.3 is 5.97 Å². The fourth-order valence-electron chi connectivity index (χ4n) is 4.62. The first-order chi connectivity index (χ1) is 18.7. The van der Waals surface area contributed by atoms with E-state index in [-0.39, 0.29) is 30.3 Å². The molecule has 0 spiro atoms. The first-order valence-corrected chi connectivity index (χ1v) is 13.3. The van der Waals surface area contributed by atoms with Gasteiger partial charge in [0.25, 0.3) is 0 Å². The van der Waals surface area contributed by atoms with E-state index >= 15 is 0 Å². The molecule has 0 bridgehead atoms. The van der Waals surface area contributed by atoms with Crippen LogP contribution in [0.3, 0.4) is 0 Å². The zero-order valence-corrected chi connectivity index (χ0v) is 24.2. The lowest BCUT2D eigenvalue weighted by atomic mass is 9.79. The number of rotatable bonds is 9. The Hall–Kier alpha value is -4.26. The quantitative estimate of drug-likeness (QED) is 0.239. The molecule has 1 aromatic carbocycles. The van der Waals surface area contributed by atoms with Crippen LogP contribution >= 0.6 is 0 Å². The second-order valence-electron chi connectivity index (χ2n) is 12.0. The number of benzene rings is 1. The Kier molecular flexibility index (Phi) is 7.70. The molecule has 4 aromatic rings. The maximum absolute atomic E-state index is 14.0. The molecule has 3 heterocycles. The minimum absolute atomic E-state index is 0.00248. The number of carboxylic acids is 1. The molecular weight excluding hydrogens is 504 g/mol. The molecule has 0 radical (unpaired) electrons. The van der Waals surface area contributed by atoms with Crippen LogP contribution in [-0.2, 0) is 17.8 Å². The predicted molar refractivity (Wildman–Crippen MR) is 154 cm³/mol. The Bertz CT molecular complexity index is 1600. The van der Waals surface area contributed by atoms with Crippen molar-refractivity contribution in [3.63, 3.8) is 0 Å². The van der Waals surface area contributed by atoms with E-state index in [0.29, 0.717) is 28.0 Å². The summed E-state index contributed by atoms with van der Waals surface area (Å²) in [5, 5.41) is 9.98. The number of fused-ring (bicyclic) bond motifs is 1. The van der Waals surface area contributed by atoms with E-state index < -0.39 is 16.8 Å². The third-order valence-electron chi connectivity index (χ3n) is 6.98. The molecule has 7 nitrogen and oxygen atoms in total. The van der Waals surface area contributed by atoms with Crippen LogP contribution in [0.1, 0.15) is 83.5 Å². The Morgan fingerprint density at radius 3 is 2.23 bits per heavy atom. The molecule has 0 aliphatic heterocycles. The van der Waals surface area contributed by atoms with Crippen LogP contribution in [0, 0.1) is 24.7 Å². The number of Topliss-reactive ketones (excluding diaryl/α,β-unsaturated/α-hetero) is 1. The summed E-state index contributed by atoms with van der Waals surface area (Å²) in [4.78, 5) is 44.7. The van der Waals surface area contributed by atoms with Crippen molar-refractivity contribution in [2.75, 3.05) is 0 Å². The molecule has 7 heteroatoms. The summed E-state index contributed by atoms with van der Waals surface area (Å²) >= 11 is 0. The van der Waals surface area contributed by atoms with E-state index in [4.69, 9.17) is 4.74 Å².